The lowest BCUT2D eigenvalue weighted by Gasteiger charge is -2.10. The van der Waals surface area contributed by atoms with E-state index < -0.39 is 0 Å². The molecule has 2 rings (SSSR count). The number of nitrogens with one attached hydrogen (secondary N) is 1. The molecule has 0 saturated heterocycles. The van der Waals surface area contributed by atoms with E-state index in [1.54, 1.807) is 0 Å². The number of hydrogen-bond donors (Lipinski definition) is 1. The molecule has 0 atom stereocenters. The van der Waals surface area contributed by atoms with Gasteiger partial charge in [-0.25, -0.2) is 0 Å². The molecule has 1 aromatic heterocycles. The first-order chi connectivity index (χ1) is 9.16. The number of amides is 1. The van der Waals surface area contributed by atoms with Gasteiger partial charge in [0.25, 0.3) is 5.91 Å². The highest BCUT2D eigenvalue weighted by molar-refractivity contribution is 5.94. The third-order valence-electron chi connectivity index (χ3n) is 2.88. The highest BCUT2D eigenvalue weighted by Crippen LogP contribution is 2.09. The second kappa shape index (κ2) is 6.20. The van der Waals surface area contributed by atoms with Crippen LogP contribution in [0.2, 0.25) is 0 Å². The summed E-state index contributed by atoms with van der Waals surface area (Å²) in [4.78, 5) is 13.9. The summed E-state index contributed by atoms with van der Waals surface area (Å²) in [7, 11) is 3.97. The highest BCUT2D eigenvalue weighted by atomic mass is 16.1. The molecule has 0 aliphatic heterocycles. The third-order valence-corrected chi connectivity index (χ3v) is 2.88. The van der Waals surface area contributed by atoms with Gasteiger partial charge < -0.3 is 14.8 Å². The van der Waals surface area contributed by atoms with Gasteiger partial charge in [-0.2, -0.15) is 0 Å². The first-order valence-electron chi connectivity index (χ1n) is 6.33. The normalized spacial score (nSPS) is 10.7. The third kappa shape index (κ3) is 3.69. The van der Waals surface area contributed by atoms with Crippen molar-refractivity contribution in [3.8, 4) is 5.69 Å². The summed E-state index contributed by atoms with van der Waals surface area (Å²) in [6.45, 7) is 1.50. The van der Waals surface area contributed by atoms with E-state index in [-0.39, 0.29) is 5.91 Å². The Kier molecular flexibility index (Phi) is 4.36. The van der Waals surface area contributed by atoms with E-state index in [0.717, 1.165) is 12.2 Å². The molecule has 4 heteroatoms. The van der Waals surface area contributed by atoms with Crippen LogP contribution in [0.5, 0.6) is 0 Å². The number of likely N-dealkylation sites (N-methyl/N-ethyl adjacent to an activating group) is 1. The van der Waals surface area contributed by atoms with Crippen molar-refractivity contribution in [3.63, 3.8) is 0 Å². The molecule has 0 saturated carbocycles. The van der Waals surface area contributed by atoms with Crippen molar-refractivity contribution in [1.82, 2.24) is 14.8 Å². The Morgan fingerprint density at radius 3 is 2.37 bits per heavy atom. The van der Waals surface area contributed by atoms with Crippen molar-refractivity contribution in [2.75, 3.05) is 27.2 Å². The SMILES string of the molecule is CN(C)CCNC(=O)c1ccc(-n2cccc2)cc1. The molecule has 2 aromatic rings. The molecule has 4 nitrogen and oxygen atoms in total. The number of hydrogen-bond acceptors (Lipinski definition) is 2. The van der Waals surface area contributed by atoms with Crippen LogP contribution in [-0.2, 0) is 0 Å². The number of rotatable bonds is 5. The number of aromatic nitrogens is 1. The van der Waals surface area contributed by atoms with E-state index >= 15 is 0 Å². The molecule has 0 aliphatic carbocycles. The van der Waals surface area contributed by atoms with Crippen LogP contribution in [0.25, 0.3) is 5.69 Å². The molecule has 1 amide bonds. The van der Waals surface area contributed by atoms with Gasteiger partial charge >= 0.3 is 0 Å². The Balaban J connectivity index is 1.96. The van der Waals surface area contributed by atoms with Gasteiger partial charge in [-0.3, -0.25) is 4.79 Å². The lowest BCUT2D eigenvalue weighted by atomic mass is 10.2. The minimum atomic E-state index is -0.0269. The summed E-state index contributed by atoms with van der Waals surface area (Å²) >= 11 is 0. The Labute approximate surface area is 113 Å². The van der Waals surface area contributed by atoms with E-state index in [1.165, 1.54) is 0 Å². The molecule has 100 valence electrons. The van der Waals surface area contributed by atoms with Crippen molar-refractivity contribution in [2.24, 2.45) is 0 Å². The van der Waals surface area contributed by atoms with E-state index in [0.29, 0.717) is 12.1 Å². The largest absolute Gasteiger partial charge is 0.351 e. The van der Waals surface area contributed by atoms with Gasteiger partial charge in [-0.05, 0) is 50.5 Å². The van der Waals surface area contributed by atoms with Gasteiger partial charge in [0, 0.05) is 36.7 Å². The fraction of sp³-hybridized carbons (Fsp3) is 0.267. The zero-order valence-electron chi connectivity index (χ0n) is 11.3. The van der Waals surface area contributed by atoms with Gasteiger partial charge in [0.15, 0.2) is 0 Å². The quantitative estimate of drug-likeness (QED) is 0.886. The first kappa shape index (κ1) is 13.4. The second-order valence-electron chi connectivity index (χ2n) is 4.70. The Morgan fingerprint density at radius 1 is 1.16 bits per heavy atom. The standard InChI is InChI=1S/C15H19N3O/c1-17(2)12-9-16-15(19)13-5-7-14(8-6-13)18-10-3-4-11-18/h3-8,10-11H,9,12H2,1-2H3,(H,16,19). The van der Waals surface area contributed by atoms with Crippen molar-refractivity contribution in [2.45, 2.75) is 0 Å². The summed E-state index contributed by atoms with van der Waals surface area (Å²) in [5.74, 6) is -0.0269. The average molecular weight is 257 g/mol. The van der Waals surface area contributed by atoms with Crippen LogP contribution in [0.15, 0.2) is 48.8 Å². The summed E-state index contributed by atoms with van der Waals surface area (Å²) < 4.78 is 2.01. The van der Waals surface area contributed by atoms with Crippen molar-refractivity contribution in [1.29, 1.82) is 0 Å². The minimum Gasteiger partial charge on any atom is -0.351 e. The molecule has 0 fully saturated rings. The van der Waals surface area contributed by atoms with Crippen LogP contribution < -0.4 is 5.32 Å². The number of carbonyl (C=O) groups is 1. The van der Waals surface area contributed by atoms with E-state index in [1.807, 2.05) is 72.4 Å². The van der Waals surface area contributed by atoms with E-state index in [9.17, 15) is 4.79 Å². The maximum absolute atomic E-state index is 11.9. The second-order valence-corrected chi connectivity index (χ2v) is 4.70. The molecule has 0 radical (unpaired) electrons. The molecule has 0 aliphatic rings. The van der Waals surface area contributed by atoms with Crippen molar-refractivity contribution < 1.29 is 4.79 Å². The maximum Gasteiger partial charge on any atom is 0.251 e. The molecular weight excluding hydrogens is 238 g/mol. The topological polar surface area (TPSA) is 37.3 Å². The molecular formula is C15H19N3O. The fourth-order valence-corrected chi connectivity index (χ4v) is 1.79. The van der Waals surface area contributed by atoms with Gasteiger partial charge in [-0.15, -0.1) is 0 Å². The van der Waals surface area contributed by atoms with Gasteiger partial charge in [0.1, 0.15) is 0 Å². The zero-order chi connectivity index (χ0) is 13.7. The molecule has 1 aromatic carbocycles. The maximum atomic E-state index is 11.9. The Bertz CT molecular complexity index is 515. The summed E-state index contributed by atoms with van der Waals surface area (Å²) in [5, 5.41) is 2.90. The van der Waals surface area contributed by atoms with Crippen LogP contribution in [0.1, 0.15) is 10.4 Å². The van der Waals surface area contributed by atoms with Gasteiger partial charge in [0.2, 0.25) is 0 Å². The average Bonchev–Trinajstić information content (AvgIpc) is 2.92. The van der Waals surface area contributed by atoms with Crippen molar-refractivity contribution in [3.05, 3.63) is 54.4 Å². The Hall–Kier alpha value is -2.07. The van der Waals surface area contributed by atoms with E-state index in [2.05, 4.69) is 5.32 Å². The highest BCUT2D eigenvalue weighted by Gasteiger charge is 2.05. The smallest absolute Gasteiger partial charge is 0.251 e. The first-order valence-corrected chi connectivity index (χ1v) is 6.33. The van der Waals surface area contributed by atoms with Crippen molar-refractivity contribution >= 4 is 5.91 Å². The Morgan fingerprint density at radius 2 is 1.79 bits per heavy atom. The lowest BCUT2D eigenvalue weighted by molar-refractivity contribution is 0.0951. The number of benzene rings is 1. The van der Waals surface area contributed by atoms with Crippen LogP contribution in [0, 0.1) is 0 Å². The predicted molar refractivity (Wildman–Crippen MR) is 76.7 cm³/mol. The molecule has 0 spiro atoms. The van der Waals surface area contributed by atoms with Gasteiger partial charge in [0.05, 0.1) is 0 Å². The molecule has 19 heavy (non-hydrogen) atoms. The summed E-state index contributed by atoms with van der Waals surface area (Å²) in [6, 6.07) is 11.5. The summed E-state index contributed by atoms with van der Waals surface area (Å²) in [5.41, 5.74) is 1.74. The lowest BCUT2D eigenvalue weighted by Crippen LogP contribution is -2.31. The molecule has 1 N–H and O–H groups in total. The van der Waals surface area contributed by atoms with E-state index in [4.69, 9.17) is 0 Å². The fourth-order valence-electron chi connectivity index (χ4n) is 1.79. The van der Waals surface area contributed by atoms with Crippen LogP contribution in [0.4, 0.5) is 0 Å². The molecule has 1 heterocycles. The monoisotopic (exact) mass is 257 g/mol. The number of carbonyl (C=O) groups excluding carboxylic acids is 1. The minimum absolute atomic E-state index is 0.0269. The number of nitrogens with zero attached hydrogens (tertiary/aromatic N) is 2. The predicted octanol–water partition coefficient (Wildman–Crippen LogP) is 1.77. The summed E-state index contributed by atoms with van der Waals surface area (Å²) in [6.07, 6.45) is 3.96. The molecule has 0 unspecified atom stereocenters. The van der Waals surface area contributed by atoms with Gasteiger partial charge in [-0.1, -0.05) is 0 Å². The molecule has 0 bridgehead atoms. The van der Waals surface area contributed by atoms with Crippen LogP contribution in [0.3, 0.4) is 0 Å². The van der Waals surface area contributed by atoms with Crippen LogP contribution >= 0.6 is 0 Å². The van der Waals surface area contributed by atoms with Crippen LogP contribution in [-0.4, -0.2) is 42.6 Å². The zero-order valence-corrected chi connectivity index (χ0v) is 11.3.